The minimum atomic E-state index is 0.239. The molecule has 17 heavy (non-hydrogen) atoms. The molecule has 1 aromatic carbocycles. The van der Waals surface area contributed by atoms with Crippen LogP contribution in [0.15, 0.2) is 22.6 Å². The third kappa shape index (κ3) is 1.20. The van der Waals surface area contributed by atoms with E-state index in [0.717, 1.165) is 17.0 Å². The first-order valence-electron chi connectivity index (χ1n) is 6.00. The molecule has 1 heterocycles. The van der Waals surface area contributed by atoms with Gasteiger partial charge in [0.1, 0.15) is 5.52 Å². The average Bonchev–Trinajstić information content (AvgIpc) is 2.59. The van der Waals surface area contributed by atoms with E-state index in [-0.39, 0.29) is 10.8 Å². The Morgan fingerprint density at radius 3 is 2.35 bits per heavy atom. The highest BCUT2D eigenvalue weighted by Crippen LogP contribution is 2.73. The van der Waals surface area contributed by atoms with Crippen molar-refractivity contribution in [3.8, 4) is 0 Å². The molecule has 0 aliphatic heterocycles. The van der Waals surface area contributed by atoms with Crippen molar-refractivity contribution in [2.45, 2.75) is 33.6 Å². The van der Waals surface area contributed by atoms with Crippen LogP contribution in [0.2, 0.25) is 0 Å². The summed E-state index contributed by atoms with van der Waals surface area (Å²) in [6.45, 7) is 9.04. The molecule has 0 radical (unpaired) electrons. The predicted molar refractivity (Wildman–Crippen MR) is 68.7 cm³/mol. The van der Waals surface area contributed by atoms with Gasteiger partial charge in [-0.3, -0.25) is 0 Å². The van der Waals surface area contributed by atoms with Crippen LogP contribution in [0.25, 0.3) is 11.1 Å². The van der Waals surface area contributed by atoms with Gasteiger partial charge in [-0.1, -0.05) is 33.8 Å². The van der Waals surface area contributed by atoms with E-state index < -0.39 is 0 Å². The Kier molecular flexibility index (Phi) is 1.77. The monoisotopic (exact) mass is 230 g/mol. The summed E-state index contributed by atoms with van der Waals surface area (Å²) in [5.74, 6) is 1.20. The maximum atomic E-state index is 5.90. The lowest BCUT2D eigenvalue weighted by Gasteiger charge is -2.03. The molecule has 0 spiro atoms. The lowest BCUT2D eigenvalue weighted by Crippen LogP contribution is -1.95. The van der Waals surface area contributed by atoms with Crippen LogP contribution in [0, 0.1) is 10.8 Å². The maximum Gasteiger partial charge on any atom is 0.199 e. The zero-order valence-corrected chi connectivity index (χ0v) is 10.7. The number of nitrogen functional groups attached to an aromatic ring is 1. The smallest absolute Gasteiger partial charge is 0.199 e. The molecule has 0 unspecified atom stereocenters. The Morgan fingerprint density at radius 2 is 1.82 bits per heavy atom. The van der Waals surface area contributed by atoms with E-state index in [9.17, 15) is 0 Å². The average molecular weight is 230 g/mol. The second-order valence-corrected chi connectivity index (χ2v) is 6.12. The van der Waals surface area contributed by atoms with E-state index in [1.807, 2.05) is 18.2 Å². The van der Waals surface area contributed by atoms with E-state index in [1.54, 1.807) is 0 Å². The summed E-state index contributed by atoms with van der Waals surface area (Å²) in [5, 5.41) is 0. The number of nitrogens with two attached hydrogens (primary N) is 1. The summed E-state index contributed by atoms with van der Waals surface area (Å²) in [7, 11) is 0. The van der Waals surface area contributed by atoms with Gasteiger partial charge in [0.2, 0.25) is 0 Å². The summed E-state index contributed by atoms with van der Waals surface area (Å²) < 4.78 is 5.85. The fourth-order valence-electron chi connectivity index (χ4n) is 2.92. The van der Waals surface area contributed by atoms with Crippen LogP contribution in [0.3, 0.4) is 0 Å². The number of para-hydroxylation sites is 1. The summed E-state index contributed by atoms with van der Waals surface area (Å²) in [6.07, 6.45) is 0. The molecule has 1 aromatic heterocycles. The van der Waals surface area contributed by atoms with Crippen LogP contribution in [0.1, 0.15) is 39.5 Å². The van der Waals surface area contributed by atoms with Crippen LogP contribution < -0.4 is 5.73 Å². The van der Waals surface area contributed by atoms with Crippen molar-refractivity contribution in [1.29, 1.82) is 0 Å². The molecule has 0 amide bonds. The third-order valence-electron chi connectivity index (χ3n) is 4.73. The number of rotatable bonds is 1. The zero-order valence-electron chi connectivity index (χ0n) is 10.7. The molecule has 2 aromatic rings. The first-order valence-corrected chi connectivity index (χ1v) is 6.00. The highest BCUT2D eigenvalue weighted by Gasteiger charge is 2.67. The molecule has 0 saturated heterocycles. The Bertz CT molecular complexity index is 581. The van der Waals surface area contributed by atoms with Crippen molar-refractivity contribution in [2.75, 3.05) is 5.73 Å². The molecule has 90 valence electrons. The quantitative estimate of drug-likeness (QED) is 0.762. The van der Waals surface area contributed by atoms with Crippen LogP contribution in [0.4, 0.5) is 5.69 Å². The van der Waals surface area contributed by atoms with Gasteiger partial charge in [0.25, 0.3) is 0 Å². The van der Waals surface area contributed by atoms with Crippen molar-refractivity contribution in [3.05, 3.63) is 24.1 Å². The molecular weight excluding hydrogens is 212 g/mol. The van der Waals surface area contributed by atoms with Crippen molar-refractivity contribution >= 4 is 16.8 Å². The number of hydrogen-bond acceptors (Lipinski definition) is 3. The van der Waals surface area contributed by atoms with Gasteiger partial charge in [-0.2, -0.15) is 0 Å². The first-order chi connectivity index (χ1) is 7.85. The van der Waals surface area contributed by atoms with E-state index in [1.165, 1.54) is 0 Å². The van der Waals surface area contributed by atoms with Crippen LogP contribution in [-0.4, -0.2) is 4.98 Å². The van der Waals surface area contributed by atoms with Gasteiger partial charge in [-0.25, -0.2) is 4.98 Å². The molecule has 3 nitrogen and oxygen atoms in total. The van der Waals surface area contributed by atoms with Gasteiger partial charge >= 0.3 is 0 Å². The first kappa shape index (κ1) is 10.6. The largest absolute Gasteiger partial charge is 0.440 e. The van der Waals surface area contributed by atoms with Gasteiger partial charge in [0.05, 0.1) is 5.69 Å². The Morgan fingerprint density at radius 1 is 1.18 bits per heavy atom. The minimum Gasteiger partial charge on any atom is -0.440 e. The molecular formula is C14H18N2O. The lowest BCUT2D eigenvalue weighted by atomic mass is 10.0. The molecule has 1 aliphatic carbocycles. The summed E-state index contributed by atoms with van der Waals surface area (Å²) in [4.78, 5) is 4.57. The number of benzene rings is 1. The number of hydrogen-bond donors (Lipinski definition) is 1. The Hall–Kier alpha value is -1.51. The lowest BCUT2D eigenvalue weighted by molar-refractivity contribution is 0.457. The molecule has 2 N–H and O–H groups in total. The summed E-state index contributed by atoms with van der Waals surface area (Å²) in [6, 6.07) is 5.68. The van der Waals surface area contributed by atoms with E-state index in [2.05, 4.69) is 32.7 Å². The topological polar surface area (TPSA) is 52.0 Å². The number of nitrogens with zero attached hydrogens (tertiary/aromatic N) is 1. The fraction of sp³-hybridized carbons (Fsp3) is 0.500. The number of anilines is 1. The van der Waals surface area contributed by atoms with Gasteiger partial charge in [0.15, 0.2) is 11.5 Å². The fourth-order valence-corrected chi connectivity index (χ4v) is 2.92. The second kappa shape index (κ2) is 2.84. The normalized spacial score (nSPS) is 21.9. The van der Waals surface area contributed by atoms with Gasteiger partial charge < -0.3 is 10.2 Å². The molecule has 3 rings (SSSR count). The van der Waals surface area contributed by atoms with Crippen LogP contribution in [0.5, 0.6) is 0 Å². The highest BCUT2D eigenvalue weighted by atomic mass is 16.3. The molecule has 1 saturated carbocycles. The number of aromatic nitrogens is 1. The number of oxazole rings is 1. The standard InChI is InChI=1S/C14H18N2O/c1-13(2)11(14(13,3)4)12-16-10-8(15)6-5-7-9(10)17-12/h5-7,11H,15H2,1-4H3. The predicted octanol–water partition coefficient (Wildman–Crippen LogP) is 3.56. The molecule has 3 heteroatoms. The summed E-state index contributed by atoms with van der Waals surface area (Å²) >= 11 is 0. The van der Waals surface area contributed by atoms with Crippen molar-refractivity contribution < 1.29 is 4.42 Å². The van der Waals surface area contributed by atoms with E-state index >= 15 is 0 Å². The SMILES string of the molecule is CC1(C)C(c2nc3c(N)cccc3o2)C1(C)C. The molecule has 0 bridgehead atoms. The molecule has 1 aliphatic rings. The van der Waals surface area contributed by atoms with Crippen LogP contribution in [-0.2, 0) is 0 Å². The Balaban J connectivity index is 2.13. The zero-order chi connectivity index (χ0) is 12.4. The van der Waals surface area contributed by atoms with E-state index in [0.29, 0.717) is 11.6 Å². The summed E-state index contributed by atoms with van der Waals surface area (Å²) in [5.41, 5.74) is 8.65. The molecule has 0 atom stereocenters. The van der Waals surface area contributed by atoms with Crippen molar-refractivity contribution in [3.63, 3.8) is 0 Å². The van der Waals surface area contributed by atoms with Gasteiger partial charge in [-0.15, -0.1) is 0 Å². The van der Waals surface area contributed by atoms with Crippen molar-refractivity contribution in [1.82, 2.24) is 4.98 Å². The minimum absolute atomic E-state index is 0.239. The maximum absolute atomic E-state index is 5.90. The van der Waals surface area contributed by atoms with E-state index in [4.69, 9.17) is 10.2 Å². The van der Waals surface area contributed by atoms with Crippen LogP contribution >= 0.6 is 0 Å². The number of fused-ring (bicyclic) bond motifs is 1. The van der Waals surface area contributed by atoms with Gasteiger partial charge in [0, 0.05) is 5.92 Å². The second-order valence-electron chi connectivity index (χ2n) is 6.12. The molecule has 1 fully saturated rings. The Labute approximate surface area is 101 Å². The van der Waals surface area contributed by atoms with Crippen molar-refractivity contribution in [2.24, 2.45) is 10.8 Å². The van der Waals surface area contributed by atoms with Gasteiger partial charge in [-0.05, 0) is 23.0 Å². The third-order valence-corrected chi connectivity index (χ3v) is 4.73. The highest BCUT2D eigenvalue weighted by molar-refractivity contribution is 5.85.